The van der Waals surface area contributed by atoms with Crippen molar-refractivity contribution >= 4 is 74.9 Å². The topological polar surface area (TPSA) is 43.6 Å². The van der Waals surface area contributed by atoms with Gasteiger partial charge in [-0.3, -0.25) is 4.57 Å². The SMILES string of the molecule is c1ccc(-c2nc(-c3ccccc3)nc(-n3c4ccccc4c4c5c(ccc43)sc3c4ccccc4c4ccccc4c35)n2)cc1. The van der Waals surface area contributed by atoms with Crippen molar-refractivity contribution in [3.05, 3.63) is 146 Å². The summed E-state index contributed by atoms with van der Waals surface area (Å²) in [7, 11) is 0. The van der Waals surface area contributed by atoms with Crippen LogP contribution in [0, 0.1) is 0 Å². The van der Waals surface area contributed by atoms with E-state index in [-0.39, 0.29) is 0 Å². The van der Waals surface area contributed by atoms with E-state index in [0.29, 0.717) is 17.6 Å². The molecule has 0 unspecified atom stereocenters. The lowest BCUT2D eigenvalue weighted by molar-refractivity contribution is 0.953. The first-order valence-corrected chi connectivity index (χ1v) is 16.2. The molecule has 4 nitrogen and oxygen atoms in total. The number of aromatic nitrogens is 4. The molecule has 0 aliphatic heterocycles. The smallest absolute Gasteiger partial charge is 0.238 e. The zero-order valence-electron chi connectivity index (χ0n) is 24.6. The Labute approximate surface area is 267 Å². The summed E-state index contributed by atoms with van der Waals surface area (Å²) in [6.07, 6.45) is 0. The quantitative estimate of drug-likeness (QED) is 0.188. The third-order valence-corrected chi connectivity index (χ3v) is 10.2. The molecule has 0 aliphatic rings. The molecule has 7 aromatic carbocycles. The Morgan fingerprint density at radius 3 is 1.61 bits per heavy atom. The number of benzene rings is 7. The van der Waals surface area contributed by atoms with Gasteiger partial charge in [-0.1, -0.05) is 127 Å². The summed E-state index contributed by atoms with van der Waals surface area (Å²) in [5.74, 6) is 1.90. The molecule has 214 valence electrons. The van der Waals surface area contributed by atoms with E-state index in [1.54, 1.807) is 0 Å². The number of thiophene rings is 1. The summed E-state index contributed by atoms with van der Waals surface area (Å²) in [6.45, 7) is 0. The van der Waals surface area contributed by atoms with Crippen molar-refractivity contribution in [3.8, 4) is 28.7 Å². The minimum Gasteiger partial charge on any atom is -0.278 e. The highest BCUT2D eigenvalue weighted by molar-refractivity contribution is 7.27. The second kappa shape index (κ2) is 9.80. The molecular weight excluding hydrogens is 581 g/mol. The molecule has 0 spiro atoms. The lowest BCUT2D eigenvalue weighted by atomic mass is 9.96. The van der Waals surface area contributed by atoms with Crippen molar-refractivity contribution in [3.63, 3.8) is 0 Å². The highest BCUT2D eigenvalue weighted by Crippen LogP contribution is 2.48. The fourth-order valence-corrected chi connectivity index (χ4v) is 8.32. The molecule has 3 aromatic heterocycles. The summed E-state index contributed by atoms with van der Waals surface area (Å²) in [5, 5.41) is 10.2. The van der Waals surface area contributed by atoms with E-state index in [4.69, 9.17) is 15.0 Å². The van der Waals surface area contributed by atoms with Crippen LogP contribution in [0.2, 0.25) is 0 Å². The number of hydrogen-bond acceptors (Lipinski definition) is 4. The molecule has 0 amide bonds. The fourth-order valence-electron chi connectivity index (χ4n) is 7.06. The summed E-state index contributed by atoms with van der Waals surface area (Å²) >= 11 is 1.88. The molecule has 0 fully saturated rings. The predicted molar refractivity (Wildman–Crippen MR) is 193 cm³/mol. The molecule has 5 heteroatoms. The van der Waals surface area contributed by atoms with Gasteiger partial charge in [0, 0.05) is 47.5 Å². The minimum absolute atomic E-state index is 0.605. The Morgan fingerprint density at radius 1 is 0.391 bits per heavy atom. The van der Waals surface area contributed by atoms with Gasteiger partial charge in [-0.05, 0) is 34.4 Å². The minimum atomic E-state index is 0.605. The maximum absolute atomic E-state index is 5.14. The van der Waals surface area contributed by atoms with E-state index in [1.165, 1.54) is 52.5 Å². The molecule has 0 saturated heterocycles. The first-order chi connectivity index (χ1) is 22.8. The van der Waals surface area contributed by atoms with E-state index < -0.39 is 0 Å². The van der Waals surface area contributed by atoms with E-state index in [1.807, 2.05) is 47.7 Å². The standard InChI is InChI=1S/C41H24N4S/c1-3-13-25(14-4-1)39-42-40(26-15-5-2-6-16-26)44-41(43-39)45-32-22-12-11-21-31(32)35-33(45)23-24-34-37(35)36-29-19-9-7-17-27(29)28-18-8-10-20-30(28)38(36)46-34/h1-24H. The number of para-hydroxylation sites is 1. The number of fused-ring (bicyclic) bond motifs is 12. The van der Waals surface area contributed by atoms with Gasteiger partial charge in [-0.15, -0.1) is 11.3 Å². The molecule has 0 atom stereocenters. The number of hydrogen-bond donors (Lipinski definition) is 0. The van der Waals surface area contributed by atoms with Crippen LogP contribution in [0.3, 0.4) is 0 Å². The van der Waals surface area contributed by atoms with Crippen LogP contribution in [0.25, 0.3) is 92.2 Å². The van der Waals surface area contributed by atoms with Crippen molar-refractivity contribution in [2.24, 2.45) is 0 Å². The lowest BCUT2D eigenvalue weighted by Gasteiger charge is -2.11. The number of rotatable bonds is 3. The van der Waals surface area contributed by atoms with Crippen LogP contribution in [0.15, 0.2) is 146 Å². The van der Waals surface area contributed by atoms with Gasteiger partial charge in [-0.2, -0.15) is 9.97 Å². The molecular formula is C41H24N4S. The Hall–Kier alpha value is -5.91. The Morgan fingerprint density at radius 2 is 0.935 bits per heavy atom. The van der Waals surface area contributed by atoms with Gasteiger partial charge >= 0.3 is 0 Å². The van der Waals surface area contributed by atoms with Gasteiger partial charge < -0.3 is 0 Å². The number of nitrogens with zero attached hydrogens (tertiary/aromatic N) is 4. The molecule has 0 aliphatic carbocycles. The predicted octanol–water partition coefficient (Wildman–Crippen LogP) is 11.0. The molecule has 10 rings (SSSR count). The van der Waals surface area contributed by atoms with Gasteiger partial charge in [0.05, 0.1) is 11.0 Å². The van der Waals surface area contributed by atoms with E-state index in [2.05, 4.69) is 114 Å². The molecule has 0 N–H and O–H groups in total. The van der Waals surface area contributed by atoms with Crippen LogP contribution in [0.4, 0.5) is 0 Å². The van der Waals surface area contributed by atoms with Crippen LogP contribution in [-0.4, -0.2) is 19.5 Å². The lowest BCUT2D eigenvalue weighted by Crippen LogP contribution is -2.06. The van der Waals surface area contributed by atoms with Crippen LogP contribution in [-0.2, 0) is 0 Å². The van der Waals surface area contributed by atoms with Gasteiger partial charge in [0.2, 0.25) is 5.95 Å². The molecule has 0 bridgehead atoms. The zero-order chi connectivity index (χ0) is 30.2. The average Bonchev–Trinajstić information content (AvgIpc) is 3.69. The Kier molecular flexibility index (Phi) is 5.41. The molecule has 10 aromatic rings. The second-order valence-corrected chi connectivity index (χ2v) is 12.6. The van der Waals surface area contributed by atoms with Crippen LogP contribution >= 0.6 is 11.3 Å². The summed E-state index contributed by atoms with van der Waals surface area (Å²) in [5.41, 5.74) is 4.05. The third-order valence-electron chi connectivity index (χ3n) is 9.04. The molecule has 46 heavy (non-hydrogen) atoms. The van der Waals surface area contributed by atoms with Crippen LogP contribution in [0.5, 0.6) is 0 Å². The first kappa shape index (κ1) is 25.4. The average molecular weight is 605 g/mol. The summed E-state index contributed by atoms with van der Waals surface area (Å²) in [6, 6.07) is 51.1. The van der Waals surface area contributed by atoms with Crippen molar-refractivity contribution < 1.29 is 0 Å². The van der Waals surface area contributed by atoms with Crippen molar-refractivity contribution in [2.45, 2.75) is 0 Å². The first-order valence-electron chi connectivity index (χ1n) is 15.4. The fraction of sp³-hybridized carbons (Fsp3) is 0. The Balaban J connectivity index is 1.37. The largest absolute Gasteiger partial charge is 0.278 e. The van der Waals surface area contributed by atoms with Crippen molar-refractivity contribution in [1.82, 2.24) is 19.5 Å². The van der Waals surface area contributed by atoms with Crippen LogP contribution in [0.1, 0.15) is 0 Å². The van der Waals surface area contributed by atoms with Gasteiger partial charge in [0.1, 0.15) is 0 Å². The third kappa shape index (κ3) is 3.63. The highest BCUT2D eigenvalue weighted by atomic mass is 32.1. The second-order valence-electron chi connectivity index (χ2n) is 11.6. The molecule has 0 saturated carbocycles. The van der Waals surface area contributed by atoms with Crippen molar-refractivity contribution in [1.29, 1.82) is 0 Å². The van der Waals surface area contributed by atoms with E-state index in [0.717, 1.165) is 22.2 Å². The van der Waals surface area contributed by atoms with Gasteiger partial charge in [0.25, 0.3) is 0 Å². The zero-order valence-corrected chi connectivity index (χ0v) is 25.4. The molecule has 3 heterocycles. The Bertz CT molecular complexity index is 2740. The maximum atomic E-state index is 5.14. The van der Waals surface area contributed by atoms with Gasteiger partial charge in [0.15, 0.2) is 11.6 Å². The summed E-state index contributed by atoms with van der Waals surface area (Å²) in [4.78, 5) is 15.2. The van der Waals surface area contributed by atoms with Gasteiger partial charge in [-0.25, -0.2) is 4.98 Å². The highest BCUT2D eigenvalue weighted by Gasteiger charge is 2.22. The monoisotopic (exact) mass is 604 g/mol. The maximum Gasteiger partial charge on any atom is 0.238 e. The van der Waals surface area contributed by atoms with E-state index in [9.17, 15) is 0 Å². The molecule has 0 radical (unpaired) electrons. The van der Waals surface area contributed by atoms with E-state index >= 15 is 0 Å². The van der Waals surface area contributed by atoms with Crippen LogP contribution < -0.4 is 0 Å². The summed E-state index contributed by atoms with van der Waals surface area (Å²) < 4.78 is 4.82. The normalized spacial score (nSPS) is 11.9. The van der Waals surface area contributed by atoms with Crippen molar-refractivity contribution in [2.75, 3.05) is 0 Å².